The van der Waals surface area contributed by atoms with Crippen LogP contribution in [0.15, 0.2) is 24.4 Å². The molecule has 3 N–H and O–H groups in total. The van der Waals surface area contributed by atoms with Crippen LogP contribution in [0, 0.1) is 12.8 Å². The molecule has 0 aliphatic rings. The molecule has 2 rings (SSSR count). The summed E-state index contributed by atoms with van der Waals surface area (Å²) in [6.07, 6.45) is 3.04. The number of nitrogens with zero attached hydrogens (tertiary/aromatic N) is 1. The molecular weight excluding hydrogens is 222 g/mol. The smallest absolute Gasteiger partial charge is 0.0422 e. The van der Waals surface area contributed by atoms with Crippen molar-refractivity contribution in [3.05, 3.63) is 30.1 Å². The monoisotopic (exact) mass is 243 g/mol. The lowest BCUT2D eigenvalue weighted by Gasteiger charge is -2.14. The third kappa shape index (κ3) is 2.55. The van der Waals surface area contributed by atoms with Crippen molar-refractivity contribution in [3.8, 4) is 0 Å². The van der Waals surface area contributed by atoms with Gasteiger partial charge in [0.1, 0.15) is 0 Å². The van der Waals surface area contributed by atoms with E-state index >= 15 is 0 Å². The molecule has 0 aliphatic carbocycles. The Morgan fingerprint density at radius 1 is 1.33 bits per heavy atom. The van der Waals surface area contributed by atoms with E-state index in [1.165, 1.54) is 6.42 Å². The van der Waals surface area contributed by atoms with Gasteiger partial charge in [-0.25, -0.2) is 0 Å². The van der Waals surface area contributed by atoms with Gasteiger partial charge in [0.2, 0.25) is 0 Å². The first-order chi connectivity index (χ1) is 8.61. The van der Waals surface area contributed by atoms with E-state index in [2.05, 4.69) is 36.3 Å². The molecule has 3 heteroatoms. The van der Waals surface area contributed by atoms with Crippen molar-refractivity contribution in [2.75, 3.05) is 17.6 Å². The van der Waals surface area contributed by atoms with Gasteiger partial charge in [0.05, 0.1) is 0 Å². The number of aryl methyl sites for hydroxylation is 1. The van der Waals surface area contributed by atoms with E-state index in [-0.39, 0.29) is 0 Å². The first kappa shape index (κ1) is 12.7. The summed E-state index contributed by atoms with van der Waals surface area (Å²) in [4.78, 5) is 4.31. The Hall–Kier alpha value is -1.77. The number of fused-ring (bicyclic) bond motifs is 1. The number of nitrogens with one attached hydrogen (secondary N) is 1. The van der Waals surface area contributed by atoms with Crippen LogP contribution < -0.4 is 11.1 Å². The zero-order chi connectivity index (χ0) is 13.1. The van der Waals surface area contributed by atoms with Gasteiger partial charge in [-0.3, -0.25) is 4.98 Å². The van der Waals surface area contributed by atoms with Crippen LogP contribution in [-0.2, 0) is 0 Å². The zero-order valence-corrected chi connectivity index (χ0v) is 11.3. The highest BCUT2D eigenvalue weighted by Crippen LogP contribution is 2.28. The van der Waals surface area contributed by atoms with Crippen LogP contribution in [0.2, 0.25) is 0 Å². The summed E-state index contributed by atoms with van der Waals surface area (Å²) in [5.41, 5.74) is 8.93. The van der Waals surface area contributed by atoms with Gasteiger partial charge >= 0.3 is 0 Å². The van der Waals surface area contributed by atoms with E-state index in [1.54, 1.807) is 0 Å². The molecule has 0 amide bonds. The fraction of sp³-hybridized carbons (Fsp3) is 0.400. The normalized spacial score (nSPS) is 12.6. The first-order valence-corrected chi connectivity index (χ1v) is 6.50. The molecule has 1 aromatic heterocycles. The lowest BCUT2D eigenvalue weighted by atomic mass is 10.1. The topological polar surface area (TPSA) is 50.9 Å². The Labute approximate surface area is 108 Å². The van der Waals surface area contributed by atoms with Crippen molar-refractivity contribution in [2.45, 2.75) is 27.2 Å². The number of hydrogen-bond donors (Lipinski definition) is 2. The minimum Gasteiger partial charge on any atom is -0.398 e. The molecule has 0 fully saturated rings. The molecule has 1 atom stereocenters. The van der Waals surface area contributed by atoms with Gasteiger partial charge in [0.15, 0.2) is 0 Å². The second kappa shape index (κ2) is 5.25. The average Bonchev–Trinajstić information content (AvgIpc) is 2.37. The molecule has 2 aromatic rings. The molecular formula is C15H21N3. The molecule has 0 spiro atoms. The van der Waals surface area contributed by atoms with Crippen molar-refractivity contribution in [3.63, 3.8) is 0 Å². The van der Waals surface area contributed by atoms with Crippen LogP contribution in [-0.4, -0.2) is 11.5 Å². The molecule has 0 saturated heterocycles. The van der Waals surface area contributed by atoms with E-state index in [9.17, 15) is 0 Å². The maximum Gasteiger partial charge on any atom is 0.0422 e. The number of hydrogen-bond acceptors (Lipinski definition) is 3. The molecule has 3 nitrogen and oxygen atoms in total. The van der Waals surface area contributed by atoms with Crippen LogP contribution in [0.4, 0.5) is 11.4 Å². The van der Waals surface area contributed by atoms with Crippen LogP contribution >= 0.6 is 0 Å². The van der Waals surface area contributed by atoms with Gasteiger partial charge < -0.3 is 11.1 Å². The third-order valence-electron chi connectivity index (χ3n) is 3.41. The van der Waals surface area contributed by atoms with Crippen molar-refractivity contribution in [2.24, 2.45) is 5.92 Å². The summed E-state index contributed by atoms with van der Waals surface area (Å²) in [6.45, 7) is 7.44. The largest absolute Gasteiger partial charge is 0.398 e. The number of aromatic nitrogens is 1. The Morgan fingerprint density at radius 2 is 2.11 bits per heavy atom. The van der Waals surface area contributed by atoms with Crippen molar-refractivity contribution < 1.29 is 0 Å². The van der Waals surface area contributed by atoms with E-state index in [4.69, 9.17) is 5.73 Å². The number of pyridine rings is 1. The number of nitrogens with two attached hydrogens (primary N) is 1. The van der Waals surface area contributed by atoms with Gasteiger partial charge in [-0.1, -0.05) is 20.3 Å². The summed E-state index contributed by atoms with van der Waals surface area (Å²) in [5, 5.41) is 5.69. The average molecular weight is 243 g/mol. The summed E-state index contributed by atoms with van der Waals surface area (Å²) >= 11 is 0. The second-order valence-corrected chi connectivity index (χ2v) is 4.97. The zero-order valence-electron chi connectivity index (χ0n) is 11.3. The highest BCUT2D eigenvalue weighted by atomic mass is 14.9. The Kier molecular flexibility index (Phi) is 3.70. The number of rotatable bonds is 4. The first-order valence-electron chi connectivity index (χ1n) is 6.50. The molecule has 96 valence electrons. The van der Waals surface area contributed by atoms with Crippen molar-refractivity contribution in [1.29, 1.82) is 0 Å². The Balaban J connectivity index is 2.38. The summed E-state index contributed by atoms with van der Waals surface area (Å²) < 4.78 is 0. The van der Waals surface area contributed by atoms with Gasteiger partial charge in [-0.05, 0) is 31.0 Å². The lowest BCUT2D eigenvalue weighted by Crippen LogP contribution is -2.10. The van der Waals surface area contributed by atoms with E-state index in [0.29, 0.717) is 5.92 Å². The summed E-state index contributed by atoms with van der Waals surface area (Å²) in [6, 6.07) is 6.09. The van der Waals surface area contributed by atoms with E-state index < -0.39 is 0 Å². The molecule has 1 heterocycles. The van der Waals surface area contributed by atoms with Crippen LogP contribution in [0.5, 0.6) is 0 Å². The number of anilines is 2. The molecule has 1 aromatic carbocycles. The maximum atomic E-state index is 5.99. The molecule has 0 aliphatic heterocycles. The van der Waals surface area contributed by atoms with Crippen molar-refractivity contribution in [1.82, 2.24) is 4.98 Å². The van der Waals surface area contributed by atoms with E-state index in [0.717, 1.165) is 34.4 Å². The maximum absolute atomic E-state index is 5.99. The quantitative estimate of drug-likeness (QED) is 0.807. The lowest BCUT2D eigenvalue weighted by molar-refractivity contribution is 0.594. The SMILES string of the molecule is CCC(C)CNc1ccc(N)c2cnc(C)cc12. The molecule has 18 heavy (non-hydrogen) atoms. The second-order valence-electron chi connectivity index (χ2n) is 4.97. The Morgan fingerprint density at radius 3 is 2.83 bits per heavy atom. The predicted octanol–water partition coefficient (Wildman–Crippen LogP) is 3.58. The van der Waals surface area contributed by atoms with Crippen LogP contribution in [0.1, 0.15) is 26.0 Å². The fourth-order valence-electron chi connectivity index (χ4n) is 1.95. The van der Waals surface area contributed by atoms with Crippen LogP contribution in [0.3, 0.4) is 0 Å². The van der Waals surface area contributed by atoms with Gasteiger partial charge in [0.25, 0.3) is 0 Å². The Bertz CT molecular complexity index is 549. The highest BCUT2D eigenvalue weighted by Gasteiger charge is 2.06. The third-order valence-corrected chi connectivity index (χ3v) is 3.41. The van der Waals surface area contributed by atoms with Gasteiger partial charge in [0, 0.05) is 40.6 Å². The summed E-state index contributed by atoms with van der Waals surface area (Å²) in [7, 11) is 0. The fourth-order valence-corrected chi connectivity index (χ4v) is 1.95. The van der Waals surface area contributed by atoms with Crippen molar-refractivity contribution >= 4 is 22.1 Å². The minimum absolute atomic E-state index is 0.667. The highest BCUT2D eigenvalue weighted by molar-refractivity contribution is 6.00. The van der Waals surface area contributed by atoms with E-state index in [1.807, 2.05) is 19.2 Å². The van der Waals surface area contributed by atoms with Gasteiger partial charge in [-0.15, -0.1) is 0 Å². The predicted molar refractivity (Wildman–Crippen MR) is 78.8 cm³/mol. The standard InChI is InChI=1S/C15H21N3/c1-4-10(2)8-18-15-6-5-14(16)13-9-17-11(3)7-12(13)15/h5-7,9-10,18H,4,8,16H2,1-3H3. The summed E-state index contributed by atoms with van der Waals surface area (Å²) in [5.74, 6) is 0.667. The van der Waals surface area contributed by atoms with Crippen LogP contribution in [0.25, 0.3) is 10.8 Å². The molecule has 0 bridgehead atoms. The minimum atomic E-state index is 0.667. The number of benzene rings is 1. The number of nitrogen functional groups attached to an aromatic ring is 1. The molecule has 1 unspecified atom stereocenters. The van der Waals surface area contributed by atoms with Gasteiger partial charge in [-0.2, -0.15) is 0 Å². The molecule has 0 saturated carbocycles. The molecule has 0 radical (unpaired) electrons.